The lowest BCUT2D eigenvalue weighted by Gasteiger charge is -2.09. The Morgan fingerprint density at radius 2 is 1.22 bits per heavy atom. The van der Waals surface area contributed by atoms with Crippen molar-refractivity contribution in [3.63, 3.8) is 0 Å². The van der Waals surface area contributed by atoms with Crippen LogP contribution in [-0.2, 0) is 0 Å². The van der Waals surface area contributed by atoms with E-state index in [1.165, 1.54) is 54.9 Å². The van der Waals surface area contributed by atoms with Crippen molar-refractivity contribution in [2.75, 3.05) is 0 Å². The van der Waals surface area contributed by atoms with Crippen LogP contribution < -0.4 is 0 Å². The van der Waals surface area contributed by atoms with Gasteiger partial charge in [-0.15, -0.1) is 0 Å². The van der Waals surface area contributed by atoms with Gasteiger partial charge in [-0.05, 0) is 92.7 Å². The van der Waals surface area contributed by atoms with Crippen LogP contribution in [0.2, 0.25) is 0 Å². The summed E-state index contributed by atoms with van der Waals surface area (Å²) >= 11 is 0. The second-order valence-electron chi connectivity index (χ2n) is 9.71. The van der Waals surface area contributed by atoms with Crippen LogP contribution in [0.4, 0.5) is 0 Å². The number of benzene rings is 6. The second-order valence-corrected chi connectivity index (χ2v) is 9.71. The minimum absolute atomic E-state index is 0.668. The third-order valence-corrected chi connectivity index (χ3v) is 7.77. The third kappa shape index (κ3) is 2.80. The molecule has 2 heteroatoms. The fourth-order valence-corrected chi connectivity index (χ4v) is 6.09. The molecule has 0 radical (unpaired) electrons. The highest BCUT2D eigenvalue weighted by atomic mass is 15.0. The monoisotopic (exact) mass is 468 g/mol. The Morgan fingerprint density at radius 3 is 2.03 bits per heavy atom. The molecule has 0 saturated heterocycles. The highest BCUT2D eigenvalue weighted by Crippen LogP contribution is 2.48. The molecular weight excluding hydrogens is 448 g/mol. The van der Waals surface area contributed by atoms with Crippen molar-refractivity contribution in [3.05, 3.63) is 127 Å². The Bertz CT molecular complexity index is 2080. The van der Waals surface area contributed by atoms with Crippen molar-refractivity contribution in [1.82, 2.24) is 4.57 Å². The van der Waals surface area contributed by atoms with Gasteiger partial charge in [-0.1, -0.05) is 72.8 Å². The average molecular weight is 469 g/mol. The minimum Gasteiger partial charge on any atom is -0.309 e. The molecule has 1 heterocycles. The molecule has 37 heavy (non-hydrogen) atoms. The van der Waals surface area contributed by atoms with E-state index in [2.05, 4.69) is 108 Å². The van der Waals surface area contributed by atoms with Gasteiger partial charge in [0, 0.05) is 16.5 Å². The molecule has 0 saturated carbocycles. The SMILES string of the molecule is N#Cc1ccc(-n2c3ccccc3c3cc(-c4ccc5c(c4)-c4cccc6cccc-5c46)ccc32)cc1. The molecule has 6 aromatic carbocycles. The quantitative estimate of drug-likeness (QED) is 0.249. The summed E-state index contributed by atoms with van der Waals surface area (Å²) in [4.78, 5) is 0. The zero-order chi connectivity index (χ0) is 24.5. The molecule has 0 atom stereocenters. The predicted octanol–water partition coefficient (Wildman–Crippen LogP) is 9.12. The molecule has 0 fully saturated rings. The zero-order valence-electron chi connectivity index (χ0n) is 19.9. The normalized spacial score (nSPS) is 11.8. The van der Waals surface area contributed by atoms with E-state index in [0.717, 1.165) is 16.7 Å². The molecule has 0 aliphatic heterocycles. The number of nitrogens with zero attached hydrogens (tertiary/aromatic N) is 2. The van der Waals surface area contributed by atoms with Gasteiger partial charge in [0.25, 0.3) is 0 Å². The summed E-state index contributed by atoms with van der Waals surface area (Å²) in [5.74, 6) is 0. The molecule has 0 amide bonds. The maximum Gasteiger partial charge on any atom is 0.0991 e. The molecule has 8 rings (SSSR count). The van der Waals surface area contributed by atoms with Crippen molar-refractivity contribution in [3.8, 4) is 45.1 Å². The number of hydrogen-bond donors (Lipinski definition) is 0. The summed E-state index contributed by atoms with van der Waals surface area (Å²) in [7, 11) is 0. The molecule has 0 N–H and O–H groups in total. The van der Waals surface area contributed by atoms with Crippen LogP contribution in [0.3, 0.4) is 0 Å². The first-order valence-corrected chi connectivity index (χ1v) is 12.5. The van der Waals surface area contributed by atoms with Gasteiger partial charge in [0.05, 0.1) is 22.7 Å². The van der Waals surface area contributed by atoms with E-state index in [1.54, 1.807) is 0 Å². The van der Waals surface area contributed by atoms with E-state index in [1.807, 2.05) is 24.3 Å². The first kappa shape index (κ1) is 20.1. The van der Waals surface area contributed by atoms with Gasteiger partial charge in [0.15, 0.2) is 0 Å². The number of para-hydroxylation sites is 1. The fraction of sp³-hybridized carbons (Fsp3) is 0. The summed E-state index contributed by atoms with van der Waals surface area (Å²) in [6.07, 6.45) is 0. The predicted molar refractivity (Wildman–Crippen MR) is 153 cm³/mol. The van der Waals surface area contributed by atoms with Crippen LogP contribution in [0.25, 0.3) is 71.6 Å². The van der Waals surface area contributed by atoms with E-state index in [9.17, 15) is 5.26 Å². The van der Waals surface area contributed by atoms with Crippen LogP contribution in [-0.4, -0.2) is 4.57 Å². The Hall–Kier alpha value is -5.13. The van der Waals surface area contributed by atoms with Crippen LogP contribution >= 0.6 is 0 Å². The average Bonchev–Trinajstić information content (AvgIpc) is 3.47. The largest absolute Gasteiger partial charge is 0.309 e. The first-order valence-electron chi connectivity index (χ1n) is 12.5. The summed E-state index contributed by atoms with van der Waals surface area (Å²) in [6.45, 7) is 0. The molecule has 1 aliphatic carbocycles. The molecule has 1 aliphatic rings. The lowest BCUT2D eigenvalue weighted by molar-refractivity contribution is 1.18. The number of fused-ring (bicyclic) bond motifs is 6. The van der Waals surface area contributed by atoms with Crippen LogP contribution in [0.1, 0.15) is 5.56 Å². The van der Waals surface area contributed by atoms with Gasteiger partial charge >= 0.3 is 0 Å². The number of hydrogen-bond acceptors (Lipinski definition) is 1. The van der Waals surface area contributed by atoms with Gasteiger partial charge in [0.1, 0.15) is 0 Å². The smallest absolute Gasteiger partial charge is 0.0991 e. The lowest BCUT2D eigenvalue weighted by Crippen LogP contribution is -1.93. The van der Waals surface area contributed by atoms with Crippen LogP contribution in [0.15, 0.2) is 121 Å². The number of aromatic nitrogens is 1. The molecular formula is C35H20N2. The Kier molecular flexibility index (Phi) is 4.04. The van der Waals surface area contributed by atoms with Gasteiger partial charge < -0.3 is 4.57 Å². The van der Waals surface area contributed by atoms with Gasteiger partial charge in [-0.25, -0.2) is 0 Å². The van der Waals surface area contributed by atoms with Crippen LogP contribution in [0, 0.1) is 11.3 Å². The van der Waals surface area contributed by atoms with Gasteiger partial charge in [-0.3, -0.25) is 0 Å². The minimum atomic E-state index is 0.668. The topological polar surface area (TPSA) is 28.7 Å². The van der Waals surface area contributed by atoms with E-state index >= 15 is 0 Å². The lowest BCUT2D eigenvalue weighted by atomic mass is 9.96. The molecule has 1 aromatic heterocycles. The van der Waals surface area contributed by atoms with E-state index in [0.29, 0.717) is 5.56 Å². The second kappa shape index (κ2) is 7.43. The molecule has 170 valence electrons. The van der Waals surface area contributed by atoms with Gasteiger partial charge in [0.2, 0.25) is 0 Å². The van der Waals surface area contributed by atoms with Crippen molar-refractivity contribution in [2.45, 2.75) is 0 Å². The number of rotatable bonds is 2. The third-order valence-electron chi connectivity index (χ3n) is 7.77. The standard InChI is InChI=1S/C35H20N2/c36-21-22-11-15-26(16-12-22)37-33-10-2-1-7-28(33)32-20-25(14-18-34(32)37)24-13-17-27-29-8-3-5-23-6-4-9-30(35(23)29)31(27)19-24/h1-20H. The molecule has 0 bridgehead atoms. The fourth-order valence-electron chi connectivity index (χ4n) is 6.09. The maximum atomic E-state index is 9.24. The van der Waals surface area contributed by atoms with Crippen molar-refractivity contribution in [2.24, 2.45) is 0 Å². The zero-order valence-corrected chi connectivity index (χ0v) is 19.9. The molecule has 0 unspecified atom stereocenters. The van der Waals surface area contributed by atoms with Crippen molar-refractivity contribution >= 4 is 32.6 Å². The summed E-state index contributed by atoms with van der Waals surface area (Å²) in [5.41, 5.74) is 11.8. The van der Waals surface area contributed by atoms with Crippen LogP contribution in [0.5, 0.6) is 0 Å². The van der Waals surface area contributed by atoms with Crippen molar-refractivity contribution < 1.29 is 0 Å². The summed E-state index contributed by atoms with van der Waals surface area (Å²) in [5, 5.41) is 14.3. The highest BCUT2D eigenvalue weighted by Gasteiger charge is 2.21. The molecule has 2 nitrogen and oxygen atoms in total. The van der Waals surface area contributed by atoms with E-state index in [4.69, 9.17) is 0 Å². The molecule has 0 spiro atoms. The number of nitriles is 1. The Balaban J connectivity index is 1.33. The summed E-state index contributed by atoms with van der Waals surface area (Å²) < 4.78 is 2.29. The van der Waals surface area contributed by atoms with E-state index in [-0.39, 0.29) is 0 Å². The van der Waals surface area contributed by atoms with Crippen molar-refractivity contribution in [1.29, 1.82) is 5.26 Å². The first-order chi connectivity index (χ1) is 18.3. The van der Waals surface area contributed by atoms with E-state index < -0.39 is 0 Å². The Morgan fingerprint density at radius 1 is 0.514 bits per heavy atom. The Labute approximate surface area is 214 Å². The van der Waals surface area contributed by atoms with Gasteiger partial charge in [-0.2, -0.15) is 5.26 Å². The maximum absolute atomic E-state index is 9.24. The summed E-state index contributed by atoms with van der Waals surface area (Å²) in [6, 6.07) is 45.4. The highest BCUT2D eigenvalue weighted by molar-refractivity contribution is 6.16. The molecule has 7 aromatic rings.